The quantitative estimate of drug-likeness (QED) is 0.694. The Hall–Kier alpha value is -2.01. The van der Waals surface area contributed by atoms with Crippen LogP contribution in [0.4, 0.5) is 4.79 Å². The average molecular weight is 419 g/mol. The lowest BCUT2D eigenvalue weighted by Crippen LogP contribution is -2.50. The molecule has 1 atom stereocenters. The van der Waals surface area contributed by atoms with Crippen molar-refractivity contribution in [3.8, 4) is 0 Å². The summed E-state index contributed by atoms with van der Waals surface area (Å²) in [7, 11) is 0. The van der Waals surface area contributed by atoms with Crippen molar-refractivity contribution >= 4 is 29.7 Å². The highest BCUT2D eigenvalue weighted by atomic mass is 35.5. The van der Waals surface area contributed by atoms with Crippen molar-refractivity contribution in [2.24, 2.45) is 5.92 Å². The number of carbonyl (C=O) groups excluding carboxylic acids is 2. The van der Waals surface area contributed by atoms with Gasteiger partial charge in [0.2, 0.25) is 5.91 Å². The van der Waals surface area contributed by atoms with Gasteiger partial charge in [-0.05, 0) is 70.1 Å². The molecular weight excluding hydrogens is 388 g/mol. The van der Waals surface area contributed by atoms with Gasteiger partial charge in [-0.15, -0.1) is 0 Å². The summed E-state index contributed by atoms with van der Waals surface area (Å²) in [5, 5.41) is 0.737. The molecule has 0 N–H and O–H groups in total. The molecular formula is C23H31ClN2O3. The highest BCUT2D eigenvalue weighted by Gasteiger charge is 2.39. The Labute approximate surface area is 178 Å². The molecule has 2 aliphatic rings. The van der Waals surface area contributed by atoms with E-state index in [-0.39, 0.29) is 18.0 Å². The Morgan fingerprint density at radius 1 is 1.07 bits per heavy atom. The van der Waals surface area contributed by atoms with Crippen molar-refractivity contribution < 1.29 is 14.3 Å². The summed E-state index contributed by atoms with van der Waals surface area (Å²) in [6.45, 7) is 7.59. The van der Waals surface area contributed by atoms with Crippen molar-refractivity contribution in [1.82, 2.24) is 9.80 Å². The number of amides is 2. The van der Waals surface area contributed by atoms with Gasteiger partial charge in [-0.1, -0.05) is 35.9 Å². The Morgan fingerprint density at radius 3 is 2.34 bits per heavy atom. The Balaban J connectivity index is 1.52. The van der Waals surface area contributed by atoms with Crippen LogP contribution in [0.3, 0.4) is 0 Å². The van der Waals surface area contributed by atoms with E-state index < -0.39 is 5.60 Å². The third-order valence-corrected chi connectivity index (χ3v) is 5.70. The normalized spacial score (nSPS) is 21.0. The van der Waals surface area contributed by atoms with Gasteiger partial charge in [-0.25, -0.2) is 4.79 Å². The van der Waals surface area contributed by atoms with Gasteiger partial charge in [0.05, 0.1) is 0 Å². The van der Waals surface area contributed by atoms with Gasteiger partial charge < -0.3 is 9.64 Å². The Kier molecular flexibility index (Phi) is 6.89. The first kappa shape index (κ1) is 21.7. The molecule has 1 aromatic carbocycles. The lowest BCUT2D eigenvalue weighted by atomic mass is 9.95. The number of ether oxygens (including phenoxy) is 1. The van der Waals surface area contributed by atoms with E-state index in [4.69, 9.17) is 16.3 Å². The fourth-order valence-corrected chi connectivity index (χ4v) is 4.03. The molecule has 0 bridgehead atoms. The molecule has 29 heavy (non-hydrogen) atoms. The molecule has 2 amide bonds. The molecule has 2 heterocycles. The fourth-order valence-electron chi connectivity index (χ4n) is 3.91. The summed E-state index contributed by atoms with van der Waals surface area (Å²) in [6.07, 6.45) is 7.41. The van der Waals surface area contributed by atoms with Crippen LogP contribution in [0.15, 0.2) is 30.3 Å². The lowest BCUT2D eigenvalue weighted by Gasteiger charge is -2.35. The zero-order valence-corrected chi connectivity index (χ0v) is 18.3. The standard InChI is InChI=1S/C23H31ClN2O3/c1-23(2,3)29-22(28)26-14-4-5-20(26)21(27)25-15-12-18(13-16-25)7-6-17-8-10-19(24)11-9-17/h6-11,18,20H,4-5,12-16H2,1-3H3. The first-order valence-corrected chi connectivity index (χ1v) is 10.8. The van der Waals surface area contributed by atoms with E-state index in [0.717, 1.165) is 42.9 Å². The van der Waals surface area contributed by atoms with Crippen LogP contribution in [0, 0.1) is 5.92 Å². The van der Waals surface area contributed by atoms with Gasteiger partial charge >= 0.3 is 6.09 Å². The van der Waals surface area contributed by atoms with Gasteiger partial charge in [0.15, 0.2) is 0 Å². The number of halogens is 1. The van der Waals surface area contributed by atoms with E-state index in [1.807, 2.05) is 49.9 Å². The second-order valence-electron chi connectivity index (χ2n) is 8.91. The molecule has 0 radical (unpaired) electrons. The molecule has 5 nitrogen and oxygen atoms in total. The topological polar surface area (TPSA) is 49.9 Å². The van der Waals surface area contributed by atoms with Gasteiger partial charge in [-0.2, -0.15) is 0 Å². The van der Waals surface area contributed by atoms with Crippen LogP contribution in [0.1, 0.15) is 52.0 Å². The molecule has 2 fully saturated rings. The van der Waals surface area contributed by atoms with Crippen molar-refractivity contribution in [2.45, 2.75) is 58.1 Å². The summed E-state index contributed by atoms with van der Waals surface area (Å²) in [4.78, 5) is 29.0. The molecule has 2 saturated heterocycles. The molecule has 0 spiro atoms. The molecule has 158 valence electrons. The number of piperidine rings is 1. The van der Waals surface area contributed by atoms with Crippen LogP contribution in [-0.4, -0.2) is 53.1 Å². The molecule has 1 unspecified atom stereocenters. The summed E-state index contributed by atoms with van der Waals surface area (Å²) in [6, 6.07) is 7.40. The summed E-state index contributed by atoms with van der Waals surface area (Å²) in [5.41, 5.74) is 0.578. The molecule has 0 aliphatic carbocycles. The van der Waals surface area contributed by atoms with Gasteiger partial charge in [0, 0.05) is 24.7 Å². The maximum Gasteiger partial charge on any atom is 0.410 e. The number of likely N-dealkylation sites (tertiary alicyclic amines) is 2. The van der Waals surface area contributed by atoms with Gasteiger partial charge in [-0.3, -0.25) is 9.69 Å². The molecule has 0 aromatic heterocycles. The SMILES string of the molecule is CC(C)(C)OC(=O)N1CCCC1C(=O)N1CCC(C=Cc2ccc(Cl)cc2)CC1. The zero-order chi connectivity index (χ0) is 21.0. The maximum atomic E-state index is 13.0. The number of carbonyl (C=O) groups is 2. The maximum absolute atomic E-state index is 13.0. The van der Waals surface area contributed by atoms with Crippen LogP contribution in [0.25, 0.3) is 6.08 Å². The summed E-state index contributed by atoms with van der Waals surface area (Å²) < 4.78 is 5.49. The molecule has 3 rings (SSSR count). The predicted molar refractivity (Wildman–Crippen MR) is 116 cm³/mol. The summed E-state index contributed by atoms with van der Waals surface area (Å²) >= 11 is 5.93. The van der Waals surface area contributed by atoms with E-state index in [2.05, 4.69) is 12.2 Å². The third-order valence-electron chi connectivity index (χ3n) is 5.45. The Bertz CT molecular complexity index is 746. The highest BCUT2D eigenvalue weighted by molar-refractivity contribution is 6.30. The number of rotatable bonds is 3. The monoisotopic (exact) mass is 418 g/mol. The second-order valence-corrected chi connectivity index (χ2v) is 9.34. The van der Waals surface area contributed by atoms with E-state index >= 15 is 0 Å². The largest absolute Gasteiger partial charge is 0.444 e. The number of allylic oxidation sites excluding steroid dienone is 1. The first-order valence-electron chi connectivity index (χ1n) is 10.4. The van der Waals surface area contributed by atoms with Crippen LogP contribution in [0.5, 0.6) is 0 Å². The van der Waals surface area contributed by atoms with Crippen LogP contribution in [-0.2, 0) is 9.53 Å². The van der Waals surface area contributed by atoms with Crippen molar-refractivity contribution in [1.29, 1.82) is 0 Å². The average Bonchev–Trinajstić information content (AvgIpc) is 3.16. The van der Waals surface area contributed by atoms with Crippen molar-refractivity contribution in [3.63, 3.8) is 0 Å². The minimum absolute atomic E-state index is 0.0634. The summed E-state index contributed by atoms with van der Waals surface area (Å²) in [5.74, 6) is 0.522. The first-order chi connectivity index (χ1) is 13.7. The molecule has 1 aromatic rings. The zero-order valence-electron chi connectivity index (χ0n) is 17.6. The van der Waals surface area contributed by atoms with Crippen LogP contribution in [0.2, 0.25) is 5.02 Å². The van der Waals surface area contributed by atoms with Crippen LogP contribution < -0.4 is 0 Å². The molecule has 2 aliphatic heterocycles. The minimum atomic E-state index is -0.554. The van der Waals surface area contributed by atoms with E-state index in [1.165, 1.54) is 0 Å². The third kappa shape index (κ3) is 5.99. The number of nitrogens with zero attached hydrogens (tertiary/aromatic N) is 2. The highest BCUT2D eigenvalue weighted by Crippen LogP contribution is 2.26. The molecule has 0 saturated carbocycles. The Morgan fingerprint density at radius 2 is 1.72 bits per heavy atom. The lowest BCUT2D eigenvalue weighted by molar-refractivity contribution is -0.137. The number of hydrogen-bond acceptors (Lipinski definition) is 3. The van der Waals surface area contributed by atoms with E-state index in [0.29, 0.717) is 18.9 Å². The fraction of sp³-hybridized carbons (Fsp3) is 0.565. The van der Waals surface area contributed by atoms with Gasteiger partial charge in [0.25, 0.3) is 0 Å². The number of hydrogen-bond donors (Lipinski definition) is 0. The number of benzene rings is 1. The molecule has 6 heteroatoms. The van der Waals surface area contributed by atoms with Crippen molar-refractivity contribution in [2.75, 3.05) is 19.6 Å². The van der Waals surface area contributed by atoms with E-state index in [1.54, 1.807) is 4.90 Å². The van der Waals surface area contributed by atoms with Gasteiger partial charge in [0.1, 0.15) is 11.6 Å². The van der Waals surface area contributed by atoms with Crippen molar-refractivity contribution in [3.05, 3.63) is 40.9 Å². The minimum Gasteiger partial charge on any atom is -0.444 e. The second kappa shape index (κ2) is 9.21. The smallest absolute Gasteiger partial charge is 0.410 e. The van der Waals surface area contributed by atoms with E-state index in [9.17, 15) is 9.59 Å². The van der Waals surface area contributed by atoms with Crippen LogP contribution >= 0.6 is 11.6 Å². The predicted octanol–water partition coefficient (Wildman–Crippen LogP) is 4.99.